The Labute approximate surface area is 118 Å². The van der Waals surface area contributed by atoms with Gasteiger partial charge in [-0.1, -0.05) is 43.7 Å². The van der Waals surface area contributed by atoms with Gasteiger partial charge < -0.3 is 9.47 Å². The zero-order chi connectivity index (χ0) is 13.8. The molecular weight excluding hydrogens is 254 g/mol. The molecule has 0 aliphatic carbocycles. The van der Waals surface area contributed by atoms with Crippen molar-refractivity contribution in [3.63, 3.8) is 0 Å². The van der Waals surface area contributed by atoms with Crippen LogP contribution in [0.5, 0.6) is 0 Å². The molecule has 2 unspecified atom stereocenters. The summed E-state index contributed by atoms with van der Waals surface area (Å²) in [6, 6.07) is 10.1. The summed E-state index contributed by atoms with van der Waals surface area (Å²) in [5, 5.41) is 4.17. The van der Waals surface area contributed by atoms with Crippen molar-refractivity contribution in [1.29, 1.82) is 0 Å². The third-order valence-electron chi connectivity index (χ3n) is 3.52. The van der Waals surface area contributed by atoms with E-state index in [1.807, 2.05) is 30.3 Å². The molecule has 2 heterocycles. The molecule has 1 saturated heterocycles. The van der Waals surface area contributed by atoms with Gasteiger partial charge in [-0.2, -0.15) is 5.10 Å². The van der Waals surface area contributed by atoms with Crippen molar-refractivity contribution in [2.45, 2.75) is 38.2 Å². The molecule has 1 aromatic carbocycles. The number of aromatic nitrogens is 3. The molecule has 1 aliphatic heterocycles. The van der Waals surface area contributed by atoms with E-state index < -0.39 is 5.79 Å². The van der Waals surface area contributed by atoms with Gasteiger partial charge in [0, 0.05) is 5.56 Å². The van der Waals surface area contributed by atoms with E-state index in [1.165, 1.54) is 6.33 Å². The molecule has 2 atom stereocenters. The number of benzene rings is 1. The van der Waals surface area contributed by atoms with E-state index in [4.69, 9.17) is 9.47 Å². The molecule has 3 rings (SSSR count). The molecule has 0 radical (unpaired) electrons. The standard InChI is InChI=1S/C15H19N3O2/c1-2-6-14-9-19-15(20-14,10-18-12-16-11-17-18)13-7-4-3-5-8-13/h3-5,7-8,11-12,14H,2,6,9-10H2,1H3. The highest BCUT2D eigenvalue weighted by Crippen LogP contribution is 2.36. The third kappa shape index (κ3) is 2.59. The summed E-state index contributed by atoms with van der Waals surface area (Å²) < 4.78 is 14.0. The average Bonchev–Trinajstić information content (AvgIpc) is 3.12. The summed E-state index contributed by atoms with van der Waals surface area (Å²) in [5.74, 6) is -0.755. The van der Waals surface area contributed by atoms with Crippen molar-refractivity contribution < 1.29 is 9.47 Å². The quantitative estimate of drug-likeness (QED) is 0.839. The smallest absolute Gasteiger partial charge is 0.215 e. The van der Waals surface area contributed by atoms with Crippen LogP contribution >= 0.6 is 0 Å². The first-order chi connectivity index (χ1) is 9.82. The van der Waals surface area contributed by atoms with Gasteiger partial charge in [0.1, 0.15) is 19.2 Å². The van der Waals surface area contributed by atoms with Crippen LogP contribution in [-0.2, 0) is 21.8 Å². The maximum atomic E-state index is 6.24. The Morgan fingerprint density at radius 1 is 1.35 bits per heavy atom. The van der Waals surface area contributed by atoms with Crippen molar-refractivity contribution in [3.05, 3.63) is 48.5 Å². The van der Waals surface area contributed by atoms with Crippen LogP contribution in [0.3, 0.4) is 0 Å². The van der Waals surface area contributed by atoms with Crippen molar-refractivity contribution in [3.8, 4) is 0 Å². The summed E-state index contributed by atoms with van der Waals surface area (Å²) in [4.78, 5) is 3.99. The fourth-order valence-electron chi connectivity index (χ4n) is 2.57. The fourth-order valence-corrected chi connectivity index (χ4v) is 2.57. The van der Waals surface area contributed by atoms with Gasteiger partial charge in [-0.15, -0.1) is 0 Å². The number of rotatable bonds is 5. The van der Waals surface area contributed by atoms with Crippen LogP contribution in [0.2, 0.25) is 0 Å². The molecule has 5 nitrogen and oxygen atoms in total. The Balaban J connectivity index is 1.88. The normalized spacial score (nSPS) is 25.9. The van der Waals surface area contributed by atoms with Crippen LogP contribution in [-0.4, -0.2) is 27.5 Å². The lowest BCUT2D eigenvalue weighted by Gasteiger charge is -2.28. The predicted octanol–water partition coefficient (Wildman–Crippen LogP) is 2.35. The minimum Gasteiger partial charge on any atom is -0.342 e. The average molecular weight is 273 g/mol. The second-order valence-corrected chi connectivity index (χ2v) is 5.05. The molecule has 1 aliphatic rings. The Kier molecular flexibility index (Phi) is 3.80. The highest BCUT2D eigenvalue weighted by molar-refractivity contribution is 5.21. The van der Waals surface area contributed by atoms with Crippen molar-refractivity contribution in [2.75, 3.05) is 6.61 Å². The zero-order valence-electron chi connectivity index (χ0n) is 11.6. The van der Waals surface area contributed by atoms with Crippen molar-refractivity contribution in [1.82, 2.24) is 14.8 Å². The molecule has 1 aromatic heterocycles. The van der Waals surface area contributed by atoms with Crippen LogP contribution < -0.4 is 0 Å². The Hall–Kier alpha value is -1.72. The fraction of sp³-hybridized carbons (Fsp3) is 0.467. The van der Waals surface area contributed by atoms with Crippen LogP contribution in [0.15, 0.2) is 43.0 Å². The minimum absolute atomic E-state index is 0.142. The Morgan fingerprint density at radius 2 is 2.20 bits per heavy atom. The van der Waals surface area contributed by atoms with Crippen LogP contribution in [0.4, 0.5) is 0 Å². The lowest BCUT2D eigenvalue weighted by atomic mass is 10.1. The molecule has 20 heavy (non-hydrogen) atoms. The van der Waals surface area contributed by atoms with Crippen molar-refractivity contribution >= 4 is 0 Å². The van der Waals surface area contributed by atoms with Crippen LogP contribution in [0, 0.1) is 0 Å². The summed E-state index contributed by atoms with van der Waals surface area (Å²) in [6.45, 7) is 3.29. The molecule has 2 aromatic rings. The molecule has 0 amide bonds. The maximum Gasteiger partial charge on any atom is 0.215 e. The highest BCUT2D eigenvalue weighted by atomic mass is 16.7. The third-order valence-corrected chi connectivity index (χ3v) is 3.52. The zero-order valence-corrected chi connectivity index (χ0v) is 11.6. The molecule has 5 heteroatoms. The minimum atomic E-state index is -0.755. The summed E-state index contributed by atoms with van der Waals surface area (Å²) in [7, 11) is 0. The summed E-state index contributed by atoms with van der Waals surface area (Å²) >= 11 is 0. The van der Waals surface area contributed by atoms with Gasteiger partial charge in [0.25, 0.3) is 0 Å². The van der Waals surface area contributed by atoms with E-state index in [2.05, 4.69) is 17.0 Å². The van der Waals surface area contributed by atoms with Gasteiger partial charge in [0.05, 0.1) is 12.7 Å². The van der Waals surface area contributed by atoms with E-state index in [9.17, 15) is 0 Å². The lowest BCUT2D eigenvalue weighted by molar-refractivity contribution is -0.189. The summed E-state index contributed by atoms with van der Waals surface area (Å²) in [5.41, 5.74) is 1.02. The van der Waals surface area contributed by atoms with Gasteiger partial charge in [-0.05, 0) is 6.42 Å². The number of hydrogen-bond acceptors (Lipinski definition) is 4. The van der Waals surface area contributed by atoms with E-state index in [-0.39, 0.29) is 6.10 Å². The number of ether oxygens (including phenoxy) is 2. The first-order valence-electron chi connectivity index (χ1n) is 7.02. The Bertz CT molecular complexity index is 529. The first-order valence-corrected chi connectivity index (χ1v) is 7.02. The predicted molar refractivity (Wildman–Crippen MR) is 73.9 cm³/mol. The van der Waals surface area contributed by atoms with Gasteiger partial charge in [0.2, 0.25) is 5.79 Å². The second-order valence-electron chi connectivity index (χ2n) is 5.05. The molecule has 1 fully saturated rings. The topological polar surface area (TPSA) is 49.2 Å². The lowest BCUT2D eigenvalue weighted by Crippen LogP contribution is -2.33. The van der Waals surface area contributed by atoms with E-state index >= 15 is 0 Å². The second kappa shape index (κ2) is 5.73. The molecular formula is C15H19N3O2. The maximum absolute atomic E-state index is 6.24. The first kappa shape index (κ1) is 13.3. The van der Waals surface area contributed by atoms with E-state index in [0.717, 1.165) is 18.4 Å². The molecule has 0 N–H and O–H groups in total. The SMILES string of the molecule is CCCC1COC(Cn2cncn2)(c2ccccc2)O1. The van der Waals surface area contributed by atoms with Crippen LogP contribution in [0.25, 0.3) is 0 Å². The largest absolute Gasteiger partial charge is 0.342 e. The molecule has 0 saturated carbocycles. The van der Waals surface area contributed by atoms with Gasteiger partial charge in [-0.25, -0.2) is 9.67 Å². The number of hydrogen-bond donors (Lipinski definition) is 0. The molecule has 106 valence electrons. The van der Waals surface area contributed by atoms with Gasteiger partial charge in [0.15, 0.2) is 0 Å². The van der Waals surface area contributed by atoms with E-state index in [0.29, 0.717) is 13.2 Å². The highest BCUT2D eigenvalue weighted by Gasteiger charge is 2.43. The Morgan fingerprint density at radius 3 is 2.90 bits per heavy atom. The van der Waals surface area contributed by atoms with Crippen LogP contribution in [0.1, 0.15) is 25.3 Å². The van der Waals surface area contributed by atoms with E-state index in [1.54, 1.807) is 11.0 Å². The summed E-state index contributed by atoms with van der Waals surface area (Å²) in [6.07, 6.45) is 5.44. The van der Waals surface area contributed by atoms with Crippen molar-refractivity contribution in [2.24, 2.45) is 0 Å². The molecule has 0 spiro atoms. The van der Waals surface area contributed by atoms with Gasteiger partial charge >= 0.3 is 0 Å². The van der Waals surface area contributed by atoms with Gasteiger partial charge in [-0.3, -0.25) is 0 Å². The monoisotopic (exact) mass is 273 g/mol. The number of nitrogens with zero attached hydrogens (tertiary/aromatic N) is 3. The molecule has 0 bridgehead atoms.